The van der Waals surface area contributed by atoms with Gasteiger partial charge < -0.3 is 60.4 Å². The Morgan fingerprint density at radius 1 is 1.10 bits per heavy atom. The second kappa shape index (κ2) is 25.3. The van der Waals surface area contributed by atoms with Crippen molar-refractivity contribution in [2.45, 2.75) is 180 Å². The van der Waals surface area contributed by atoms with Crippen LogP contribution in [-0.4, -0.2) is 160 Å². The lowest BCUT2D eigenvalue weighted by Gasteiger charge is -2.47. The van der Waals surface area contributed by atoms with Crippen LogP contribution in [0.3, 0.4) is 0 Å². The third-order valence-electron chi connectivity index (χ3n) is 14.0. The summed E-state index contributed by atoms with van der Waals surface area (Å²) < 4.78 is 49.1. The lowest BCUT2D eigenvalue weighted by molar-refractivity contribution is -0.296. The van der Waals surface area contributed by atoms with E-state index in [2.05, 4.69) is 25.4 Å². The van der Waals surface area contributed by atoms with Crippen molar-refractivity contribution >= 4 is 52.1 Å². The number of halogens is 1. The molecular formula is C50H77FN8O12S. The number of ketones is 1. The molecule has 2 bridgehead atoms. The number of aromatic nitrogens is 2. The molecular weight excluding hydrogens is 956 g/mol. The van der Waals surface area contributed by atoms with Gasteiger partial charge in [-0.3, -0.25) is 19.4 Å². The van der Waals surface area contributed by atoms with E-state index in [9.17, 15) is 29.4 Å². The number of nitrogens with one attached hydrogen (secondary N) is 1. The highest BCUT2D eigenvalue weighted by atomic mass is 32.1. The maximum atomic E-state index is 17.0. The molecule has 5 heterocycles. The van der Waals surface area contributed by atoms with Gasteiger partial charge in [0, 0.05) is 47.2 Å². The largest absolute Gasteiger partial charge is 0.457 e. The summed E-state index contributed by atoms with van der Waals surface area (Å²) in [7, 11) is 3.62. The third-order valence-corrected chi connectivity index (χ3v) is 14.8. The highest BCUT2D eigenvalue weighted by molar-refractivity contribution is 7.13. The minimum absolute atomic E-state index is 0.0232. The fourth-order valence-electron chi connectivity index (χ4n) is 9.80. The van der Waals surface area contributed by atoms with Gasteiger partial charge in [-0.15, -0.1) is 11.3 Å². The van der Waals surface area contributed by atoms with Gasteiger partial charge in [-0.05, 0) is 98.5 Å². The van der Waals surface area contributed by atoms with Gasteiger partial charge in [-0.1, -0.05) is 46.2 Å². The standard InChI is InChI=1S/C50H77FN8O12S/c1-12-36-50(9,65)43-29(5)39(57-38(60)13-2)27(3)21-48(7,42(30(6)41(62)49(8,51)47(64)70-36)71-46-40(61)35(59(10)11)20-28(4)69-46)67-24-33(23-66-43)58-68-25-32-18-17-31(22-54-32)45-56-37(26-72-45)55-44(63)34(53)16-14-15-19-52/h17-18,22,26-30,34-36,40,42-43,46,61,65H,12-16,19-21,23-25,52-53H2,1-11H3,(H,55,63)/b57-39?,58-33+/t27-,28-,29+,30+,34+,35+,36-,40-,42-,43+,46+,48-,49+,50-/m1/s1. The molecule has 7 N–H and O–H groups in total. The Bertz CT molecular complexity index is 2230. The second-order valence-corrected chi connectivity index (χ2v) is 21.1. The molecule has 3 saturated heterocycles. The Kier molecular flexibility index (Phi) is 20.6. The first-order valence-corrected chi connectivity index (χ1v) is 25.8. The number of nitrogens with two attached hydrogens (primary N) is 2. The van der Waals surface area contributed by atoms with Crippen LogP contribution in [0.15, 0.2) is 33.9 Å². The molecule has 0 aliphatic carbocycles. The van der Waals surface area contributed by atoms with Crippen molar-refractivity contribution in [3.05, 3.63) is 29.4 Å². The number of nitrogens with zero attached hydrogens (tertiary/aromatic N) is 5. The first-order valence-electron chi connectivity index (χ1n) is 24.9. The summed E-state index contributed by atoms with van der Waals surface area (Å²) in [5.41, 5.74) is 6.32. The number of thiazole rings is 1. The van der Waals surface area contributed by atoms with Crippen molar-refractivity contribution < 1.29 is 62.3 Å². The van der Waals surface area contributed by atoms with E-state index >= 15 is 4.39 Å². The van der Waals surface area contributed by atoms with Crippen LogP contribution >= 0.6 is 11.3 Å². The minimum Gasteiger partial charge on any atom is -0.457 e. The number of hydrogen-bond donors (Lipinski definition) is 5. The average molecular weight is 1030 g/mol. The highest BCUT2D eigenvalue weighted by Crippen LogP contribution is 2.41. The maximum absolute atomic E-state index is 17.0. The van der Waals surface area contributed by atoms with E-state index in [1.807, 2.05) is 32.8 Å². The topological polar surface area (TPSA) is 282 Å². The quantitative estimate of drug-likeness (QED) is 0.0710. The number of pyridine rings is 1. The number of aliphatic hydroxyl groups excluding tert-OH is 1. The van der Waals surface area contributed by atoms with E-state index in [0.717, 1.165) is 19.8 Å². The van der Waals surface area contributed by atoms with Gasteiger partial charge >= 0.3 is 5.97 Å². The molecule has 0 unspecified atom stereocenters. The van der Waals surface area contributed by atoms with Gasteiger partial charge in [0.25, 0.3) is 5.67 Å². The van der Waals surface area contributed by atoms with Crippen LogP contribution in [0.2, 0.25) is 0 Å². The molecule has 402 valence electrons. The van der Waals surface area contributed by atoms with Crippen LogP contribution < -0.4 is 16.8 Å². The number of aliphatic imine (C=N–C) groups is 1. The summed E-state index contributed by atoms with van der Waals surface area (Å²) >= 11 is 1.32. The smallest absolute Gasteiger partial charge is 0.351 e. The Balaban J connectivity index is 1.55. The number of Topliss-reactive ketones (excluding diaryl/α,β-unsaturated/α-hetero) is 1. The fourth-order valence-corrected chi connectivity index (χ4v) is 10.5. The number of ether oxygens (including phenoxy) is 5. The first kappa shape index (κ1) is 58.7. The lowest BCUT2D eigenvalue weighted by atomic mass is 9.73. The summed E-state index contributed by atoms with van der Waals surface area (Å²) in [6, 6.07) is 2.41. The van der Waals surface area contributed by atoms with Crippen LogP contribution in [0.1, 0.15) is 113 Å². The molecule has 20 nitrogen and oxygen atoms in total. The predicted octanol–water partition coefficient (Wildman–Crippen LogP) is 4.52. The van der Waals surface area contributed by atoms with Crippen molar-refractivity contribution in [2.24, 2.45) is 39.4 Å². The second-order valence-electron chi connectivity index (χ2n) is 20.2. The number of esters is 1. The number of unbranched alkanes of at least 4 members (excludes halogenated alkanes) is 1. The molecule has 3 aliphatic rings. The van der Waals surface area contributed by atoms with E-state index in [0.29, 0.717) is 47.2 Å². The number of aliphatic hydroxyl groups is 2. The van der Waals surface area contributed by atoms with Gasteiger partial charge in [0.05, 0.1) is 48.9 Å². The number of carbonyl (C=O) groups excluding carboxylic acids is 4. The molecule has 3 aliphatic heterocycles. The van der Waals surface area contributed by atoms with Gasteiger partial charge in [0.15, 0.2) is 18.7 Å². The number of hydrogen-bond acceptors (Lipinski definition) is 19. The van der Waals surface area contributed by atoms with Crippen LogP contribution in [0.5, 0.6) is 0 Å². The number of fused-ring (bicyclic) bond motifs is 5. The molecule has 22 heteroatoms. The zero-order valence-corrected chi connectivity index (χ0v) is 44.4. The zero-order chi connectivity index (χ0) is 53.3. The Morgan fingerprint density at radius 3 is 2.46 bits per heavy atom. The van der Waals surface area contributed by atoms with Crippen molar-refractivity contribution in [2.75, 3.05) is 39.2 Å². The van der Waals surface area contributed by atoms with Crippen LogP contribution in [0.4, 0.5) is 10.2 Å². The molecule has 3 fully saturated rings. The van der Waals surface area contributed by atoms with Gasteiger partial charge in [-0.25, -0.2) is 19.2 Å². The summed E-state index contributed by atoms with van der Waals surface area (Å²) in [4.78, 5) is 75.8. The number of cyclic esters (lactones) is 1. The zero-order valence-electron chi connectivity index (χ0n) is 43.6. The Hall–Kier alpha value is -4.23. The molecule has 2 amide bonds. The molecule has 0 aromatic carbocycles. The van der Waals surface area contributed by atoms with Crippen molar-refractivity contribution in [1.82, 2.24) is 14.9 Å². The molecule has 0 spiro atoms. The van der Waals surface area contributed by atoms with Gasteiger partial charge in [0.1, 0.15) is 34.3 Å². The van der Waals surface area contributed by atoms with E-state index in [1.54, 1.807) is 51.4 Å². The van der Waals surface area contributed by atoms with E-state index in [1.165, 1.54) is 25.2 Å². The number of likely N-dealkylation sites (N-methyl/N-ethyl adjacent to an activating group) is 1. The summed E-state index contributed by atoms with van der Waals surface area (Å²) in [5, 5.41) is 33.8. The molecule has 0 saturated carbocycles. The van der Waals surface area contributed by atoms with Crippen LogP contribution in [0, 0.1) is 17.8 Å². The fraction of sp³-hybridized carbons (Fsp3) is 0.720. The predicted molar refractivity (Wildman–Crippen MR) is 269 cm³/mol. The first-order chi connectivity index (χ1) is 33.9. The van der Waals surface area contributed by atoms with Gasteiger partial charge in [0.2, 0.25) is 11.8 Å². The monoisotopic (exact) mass is 1030 g/mol. The van der Waals surface area contributed by atoms with Crippen molar-refractivity contribution in [1.29, 1.82) is 0 Å². The number of carbonyl (C=O) groups is 4. The number of amides is 2. The molecule has 72 heavy (non-hydrogen) atoms. The van der Waals surface area contributed by atoms with Crippen LogP contribution in [-0.2, 0) is 54.3 Å². The maximum Gasteiger partial charge on any atom is 0.351 e. The number of oxime groups is 1. The average Bonchev–Trinajstić information content (AvgIpc) is 3.80. The Morgan fingerprint density at radius 2 is 1.82 bits per heavy atom. The molecule has 0 radical (unpaired) electrons. The van der Waals surface area contributed by atoms with E-state index in [-0.39, 0.29) is 50.7 Å². The van der Waals surface area contributed by atoms with E-state index in [4.69, 9.17) is 40.0 Å². The summed E-state index contributed by atoms with van der Waals surface area (Å²) in [6.07, 6.45) is -3.04. The van der Waals surface area contributed by atoms with E-state index < -0.39 is 101 Å². The van der Waals surface area contributed by atoms with Gasteiger partial charge in [-0.2, -0.15) is 0 Å². The Labute approximate surface area is 426 Å². The number of alkyl halides is 1. The normalized spacial score (nSPS) is 34.7. The van der Waals surface area contributed by atoms with Crippen molar-refractivity contribution in [3.63, 3.8) is 0 Å². The minimum atomic E-state index is -3.25. The molecule has 2 aromatic heterocycles. The SMILES string of the molecule is CCC(=O)N=C1[C@H](C)C[C@@]2(C)OC/C(=N/OCc3ccc(-c4nc(NC(=O)[C@@H](N)CCCCN)cs4)cn3)CO[C@@H]([C@H]1C)[C@](C)(O)[C@@H](CC)OC(=O)[C@@](C)(F)C(=O)[C@H](C)[C@H]2O[C@@H]1O[C@H](C)C[C@H](N(C)C)[C@H]1O. The number of anilines is 1. The molecule has 14 atom stereocenters. The molecule has 5 rings (SSSR count). The van der Waals surface area contributed by atoms with Crippen LogP contribution in [0.25, 0.3) is 10.6 Å². The summed E-state index contributed by atoms with van der Waals surface area (Å²) in [5.74, 6) is -6.13. The molecule has 2 aromatic rings. The third kappa shape index (κ3) is 14.1. The number of rotatable bonds is 15. The van der Waals surface area contributed by atoms with Crippen molar-refractivity contribution in [3.8, 4) is 10.6 Å². The summed E-state index contributed by atoms with van der Waals surface area (Å²) in [6.45, 7) is 13.7. The lowest BCUT2D eigenvalue weighted by Crippen LogP contribution is -2.61. The highest BCUT2D eigenvalue weighted by Gasteiger charge is 2.57.